The number of para-hydroxylation sites is 2. The van der Waals surface area contributed by atoms with Gasteiger partial charge in [-0.15, -0.1) is 0 Å². The second-order valence-corrected chi connectivity index (χ2v) is 4.93. The lowest BCUT2D eigenvalue weighted by atomic mass is 10.3. The van der Waals surface area contributed by atoms with E-state index in [0.717, 1.165) is 0 Å². The summed E-state index contributed by atoms with van der Waals surface area (Å²) in [4.78, 5) is 17.0. The number of hydrogen-bond donors (Lipinski definition) is 2. The standard InChI is InChI=1S/C16H11N3O3/c20-11-7-5-10(6-8-11)18-15(21)14-9-17-12-3-1-2-4-13(12)19(14)16(18)22/h1-9,20-21H. The van der Waals surface area contributed by atoms with Crippen LogP contribution >= 0.6 is 0 Å². The predicted molar refractivity (Wildman–Crippen MR) is 81.6 cm³/mol. The predicted octanol–water partition coefficient (Wildman–Crippen LogP) is 2.05. The van der Waals surface area contributed by atoms with Crippen LogP contribution in [0.3, 0.4) is 0 Å². The highest BCUT2D eigenvalue weighted by atomic mass is 16.3. The van der Waals surface area contributed by atoms with Gasteiger partial charge in [0.1, 0.15) is 11.3 Å². The molecule has 0 bridgehead atoms. The average Bonchev–Trinajstić information content (AvgIpc) is 2.80. The van der Waals surface area contributed by atoms with Crippen LogP contribution in [0.4, 0.5) is 0 Å². The molecule has 0 spiro atoms. The average molecular weight is 293 g/mol. The molecule has 6 nitrogen and oxygen atoms in total. The number of phenols is 1. The normalized spacial score (nSPS) is 11.3. The minimum atomic E-state index is -0.392. The summed E-state index contributed by atoms with van der Waals surface area (Å²) in [5.74, 6) is -0.0962. The van der Waals surface area contributed by atoms with E-state index in [9.17, 15) is 15.0 Å². The van der Waals surface area contributed by atoms with Crippen LogP contribution in [0.25, 0.3) is 22.2 Å². The molecule has 0 radical (unpaired) electrons. The molecule has 0 fully saturated rings. The smallest absolute Gasteiger partial charge is 0.340 e. The summed E-state index contributed by atoms with van der Waals surface area (Å²) in [5, 5.41) is 19.8. The fraction of sp³-hybridized carbons (Fsp3) is 0. The third-order valence-corrected chi connectivity index (χ3v) is 3.62. The van der Waals surface area contributed by atoms with Gasteiger partial charge in [-0.25, -0.2) is 9.36 Å². The molecule has 108 valence electrons. The van der Waals surface area contributed by atoms with Crippen molar-refractivity contribution in [3.05, 3.63) is 65.2 Å². The first-order valence-electron chi connectivity index (χ1n) is 6.66. The summed E-state index contributed by atoms with van der Waals surface area (Å²) in [5.41, 5.74) is 1.69. The van der Waals surface area contributed by atoms with Crippen LogP contribution in [0, 0.1) is 0 Å². The Hall–Kier alpha value is -3.28. The summed E-state index contributed by atoms with van der Waals surface area (Å²) >= 11 is 0. The largest absolute Gasteiger partial charge is 0.508 e. The summed E-state index contributed by atoms with van der Waals surface area (Å²) < 4.78 is 2.60. The molecule has 2 aromatic carbocycles. The Balaban J connectivity index is 2.15. The lowest BCUT2D eigenvalue weighted by Gasteiger charge is -2.02. The van der Waals surface area contributed by atoms with E-state index in [-0.39, 0.29) is 11.6 Å². The molecule has 0 saturated heterocycles. The minimum absolute atomic E-state index is 0.0900. The molecule has 0 aliphatic heterocycles. The van der Waals surface area contributed by atoms with Gasteiger partial charge in [-0.1, -0.05) is 12.1 Å². The number of benzene rings is 2. The number of nitrogens with zero attached hydrogens (tertiary/aromatic N) is 3. The highest BCUT2D eigenvalue weighted by Gasteiger charge is 2.17. The van der Waals surface area contributed by atoms with Crippen molar-refractivity contribution >= 4 is 16.6 Å². The van der Waals surface area contributed by atoms with Crippen LogP contribution < -0.4 is 5.69 Å². The first kappa shape index (κ1) is 12.5. The molecule has 0 unspecified atom stereocenters. The van der Waals surface area contributed by atoms with Crippen molar-refractivity contribution in [2.45, 2.75) is 0 Å². The van der Waals surface area contributed by atoms with Gasteiger partial charge >= 0.3 is 5.69 Å². The van der Waals surface area contributed by atoms with Crippen molar-refractivity contribution in [2.75, 3.05) is 0 Å². The van der Waals surface area contributed by atoms with Crippen molar-refractivity contribution < 1.29 is 10.2 Å². The zero-order valence-corrected chi connectivity index (χ0v) is 11.3. The van der Waals surface area contributed by atoms with Gasteiger partial charge in [-0.3, -0.25) is 9.38 Å². The van der Waals surface area contributed by atoms with E-state index in [1.165, 1.54) is 27.3 Å². The van der Waals surface area contributed by atoms with Gasteiger partial charge < -0.3 is 10.2 Å². The zero-order chi connectivity index (χ0) is 15.3. The monoisotopic (exact) mass is 293 g/mol. The molecule has 0 saturated carbocycles. The number of aromatic hydroxyl groups is 2. The topological polar surface area (TPSA) is 79.8 Å². The first-order valence-corrected chi connectivity index (χ1v) is 6.66. The molecule has 6 heteroatoms. The molecule has 2 heterocycles. The highest BCUT2D eigenvalue weighted by Crippen LogP contribution is 2.24. The fourth-order valence-electron chi connectivity index (χ4n) is 2.58. The maximum atomic E-state index is 12.7. The van der Waals surface area contributed by atoms with Gasteiger partial charge in [-0.2, -0.15) is 0 Å². The Morgan fingerprint density at radius 1 is 0.909 bits per heavy atom. The van der Waals surface area contributed by atoms with E-state index >= 15 is 0 Å². The summed E-state index contributed by atoms with van der Waals surface area (Å²) in [7, 11) is 0. The van der Waals surface area contributed by atoms with E-state index in [0.29, 0.717) is 22.2 Å². The number of phenolic OH excluding ortho intramolecular Hbond substituents is 1. The SMILES string of the molecule is O=c1n(-c2ccc(O)cc2)c(O)c2cnc3ccccc3n12. The van der Waals surface area contributed by atoms with Crippen molar-refractivity contribution in [1.82, 2.24) is 14.0 Å². The Morgan fingerprint density at radius 3 is 2.41 bits per heavy atom. The van der Waals surface area contributed by atoms with Gasteiger partial charge in [0.25, 0.3) is 0 Å². The lowest BCUT2D eigenvalue weighted by molar-refractivity contribution is 0.446. The van der Waals surface area contributed by atoms with E-state index in [1.54, 1.807) is 24.3 Å². The Morgan fingerprint density at radius 2 is 1.64 bits per heavy atom. The quantitative estimate of drug-likeness (QED) is 0.563. The molecule has 0 atom stereocenters. The fourth-order valence-corrected chi connectivity index (χ4v) is 2.58. The van der Waals surface area contributed by atoms with Crippen LogP contribution in [0.1, 0.15) is 0 Å². The van der Waals surface area contributed by atoms with Crippen LogP contribution in [-0.4, -0.2) is 24.2 Å². The van der Waals surface area contributed by atoms with Crippen molar-refractivity contribution in [2.24, 2.45) is 0 Å². The molecule has 0 aliphatic carbocycles. The maximum absolute atomic E-state index is 12.7. The summed E-state index contributed by atoms with van der Waals surface area (Å²) in [6, 6.07) is 13.3. The molecule has 4 aromatic rings. The first-order chi connectivity index (χ1) is 10.7. The van der Waals surface area contributed by atoms with Crippen LogP contribution in [-0.2, 0) is 0 Å². The molecular formula is C16H11N3O3. The number of rotatable bonds is 1. The van der Waals surface area contributed by atoms with Gasteiger partial charge in [0.2, 0.25) is 5.88 Å². The molecule has 0 aliphatic rings. The van der Waals surface area contributed by atoms with Gasteiger partial charge in [0.15, 0.2) is 0 Å². The molecule has 4 rings (SSSR count). The van der Waals surface area contributed by atoms with Crippen LogP contribution in [0.15, 0.2) is 59.5 Å². The van der Waals surface area contributed by atoms with Gasteiger partial charge in [-0.05, 0) is 36.4 Å². The van der Waals surface area contributed by atoms with E-state index in [1.807, 2.05) is 12.1 Å². The number of hydrogen-bond acceptors (Lipinski definition) is 4. The Bertz CT molecular complexity index is 1060. The second kappa shape index (κ2) is 4.36. The van der Waals surface area contributed by atoms with Crippen molar-refractivity contribution in [3.8, 4) is 17.3 Å². The van der Waals surface area contributed by atoms with Crippen LogP contribution in [0.5, 0.6) is 11.6 Å². The minimum Gasteiger partial charge on any atom is -0.508 e. The van der Waals surface area contributed by atoms with Gasteiger partial charge in [0, 0.05) is 0 Å². The molecule has 2 aromatic heterocycles. The maximum Gasteiger partial charge on any atom is 0.340 e. The number of imidazole rings is 1. The Kier molecular flexibility index (Phi) is 2.47. The lowest BCUT2D eigenvalue weighted by Crippen LogP contribution is -2.19. The van der Waals surface area contributed by atoms with E-state index in [4.69, 9.17) is 0 Å². The van der Waals surface area contributed by atoms with Crippen molar-refractivity contribution in [1.29, 1.82) is 0 Å². The molecular weight excluding hydrogens is 282 g/mol. The van der Waals surface area contributed by atoms with Gasteiger partial charge in [0.05, 0.1) is 22.9 Å². The third-order valence-electron chi connectivity index (χ3n) is 3.62. The third kappa shape index (κ3) is 1.61. The molecule has 22 heavy (non-hydrogen) atoms. The van der Waals surface area contributed by atoms with E-state index < -0.39 is 5.69 Å². The molecule has 2 N–H and O–H groups in total. The number of aromatic nitrogens is 3. The highest BCUT2D eigenvalue weighted by molar-refractivity contribution is 5.79. The molecule has 0 amide bonds. The Labute approximate surface area is 124 Å². The van der Waals surface area contributed by atoms with Crippen molar-refractivity contribution in [3.63, 3.8) is 0 Å². The summed E-state index contributed by atoms with van der Waals surface area (Å²) in [6.07, 6.45) is 1.47. The zero-order valence-electron chi connectivity index (χ0n) is 11.3. The summed E-state index contributed by atoms with van der Waals surface area (Å²) in [6.45, 7) is 0. The second-order valence-electron chi connectivity index (χ2n) is 4.93. The van der Waals surface area contributed by atoms with E-state index in [2.05, 4.69) is 4.98 Å². The number of fused-ring (bicyclic) bond motifs is 3. The van der Waals surface area contributed by atoms with Crippen LogP contribution in [0.2, 0.25) is 0 Å².